The summed E-state index contributed by atoms with van der Waals surface area (Å²) in [5.41, 5.74) is -0.0129. The van der Waals surface area contributed by atoms with Gasteiger partial charge in [0.05, 0.1) is 11.7 Å². The molecule has 14 heavy (non-hydrogen) atoms. The number of sulfonamides is 1. The maximum Gasteiger partial charge on any atom is 0.239 e. The van der Waals surface area contributed by atoms with E-state index in [1.54, 1.807) is 0 Å². The van der Waals surface area contributed by atoms with Gasteiger partial charge in [-0.1, -0.05) is 20.8 Å². The van der Waals surface area contributed by atoms with Gasteiger partial charge in [0.1, 0.15) is 0 Å². The van der Waals surface area contributed by atoms with Gasteiger partial charge in [-0.3, -0.25) is 4.79 Å². The molecule has 1 unspecified atom stereocenters. The van der Waals surface area contributed by atoms with Crippen molar-refractivity contribution in [3.05, 3.63) is 0 Å². The number of amides is 1. The first-order chi connectivity index (χ1) is 6.13. The Bertz CT molecular complexity index is 340. The summed E-state index contributed by atoms with van der Waals surface area (Å²) in [6.45, 7) is 6.02. The van der Waals surface area contributed by atoms with Gasteiger partial charge >= 0.3 is 0 Å². The van der Waals surface area contributed by atoms with Gasteiger partial charge in [-0.2, -0.15) is 0 Å². The monoisotopic (exact) mass is 219 g/mol. The third kappa shape index (κ3) is 2.26. The van der Waals surface area contributed by atoms with E-state index < -0.39 is 10.0 Å². The Labute approximate surface area is 85.3 Å². The second-order valence-electron chi connectivity index (χ2n) is 5.05. The molecular formula is C9H17NO3S. The first-order valence-corrected chi connectivity index (χ1v) is 6.25. The number of hydrogen-bond acceptors (Lipinski definition) is 3. The van der Waals surface area contributed by atoms with Crippen molar-refractivity contribution in [2.24, 2.45) is 11.3 Å². The number of carbonyl (C=O) groups is 1. The highest BCUT2D eigenvalue weighted by atomic mass is 32.2. The Morgan fingerprint density at radius 2 is 1.93 bits per heavy atom. The zero-order valence-corrected chi connectivity index (χ0v) is 9.89. The minimum Gasteiger partial charge on any atom is -0.273 e. The topological polar surface area (TPSA) is 54.5 Å². The minimum absolute atomic E-state index is 0.0129. The summed E-state index contributed by atoms with van der Waals surface area (Å²) in [4.78, 5) is 11.5. The van der Waals surface area contributed by atoms with Crippen molar-refractivity contribution in [1.29, 1.82) is 0 Å². The van der Waals surface area contributed by atoms with E-state index in [0.29, 0.717) is 6.42 Å². The summed E-state index contributed by atoms with van der Waals surface area (Å²) in [5.74, 6) is -0.649. The molecule has 0 aromatic heterocycles. The molecule has 5 heteroatoms. The summed E-state index contributed by atoms with van der Waals surface area (Å²) in [6, 6.07) is 0. The fraction of sp³-hybridized carbons (Fsp3) is 0.889. The first-order valence-electron chi connectivity index (χ1n) is 4.64. The number of nitrogens with zero attached hydrogens (tertiary/aromatic N) is 1. The molecule has 1 amide bonds. The van der Waals surface area contributed by atoms with E-state index in [2.05, 4.69) is 0 Å². The van der Waals surface area contributed by atoms with Crippen LogP contribution in [-0.4, -0.2) is 31.4 Å². The number of hydrogen-bond donors (Lipinski definition) is 0. The molecule has 0 bridgehead atoms. The second kappa shape index (κ2) is 3.22. The first kappa shape index (κ1) is 11.5. The summed E-state index contributed by atoms with van der Waals surface area (Å²) < 4.78 is 23.6. The molecule has 0 radical (unpaired) electrons. The van der Waals surface area contributed by atoms with Gasteiger partial charge in [-0.05, 0) is 11.8 Å². The van der Waals surface area contributed by atoms with Crippen LogP contribution in [-0.2, 0) is 14.8 Å². The van der Waals surface area contributed by atoms with Gasteiger partial charge in [-0.15, -0.1) is 0 Å². The molecule has 0 aliphatic carbocycles. The van der Waals surface area contributed by atoms with E-state index in [0.717, 1.165) is 4.31 Å². The molecule has 1 aliphatic rings. The molecule has 4 nitrogen and oxygen atoms in total. The molecule has 0 N–H and O–H groups in total. The van der Waals surface area contributed by atoms with Crippen molar-refractivity contribution in [2.75, 3.05) is 12.8 Å². The van der Waals surface area contributed by atoms with Crippen LogP contribution in [0, 0.1) is 11.3 Å². The molecule has 1 fully saturated rings. The van der Waals surface area contributed by atoms with Gasteiger partial charge in [-0.25, -0.2) is 12.7 Å². The molecule has 82 valence electrons. The normalized spacial score (nSPS) is 27.0. The summed E-state index contributed by atoms with van der Waals surface area (Å²) in [7, 11) is -1.98. The Hall–Kier alpha value is -0.580. The molecule has 1 rings (SSSR count). The average Bonchev–Trinajstić information content (AvgIpc) is 2.11. The van der Waals surface area contributed by atoms with E-state index >= 15 is 0 Å². The Balaban J connectivity index is 2.83. The van der Waals surface area contributed by atoms with Gasteiger partial charge in [0.15, 0.2) is 0 Å². The van der Waals surface area contributed by atoms with Gasteiger partial charge < -0.3 is 0 Å². The van der Waals surface area contributed by atoms with Crippen LogP contribution in [0.5, 0.6) is 0 Å². The molecule has 1 atom stereocenters. The fourth-order valence-electron chi connectivity index (χ4n) is 1.72. The van der Waals surface area contributed by atoms with E-state index in [1.165, 1.54) is 7.05 Å². The van der Waals surface area contributed by atoms with E-state index in [1.807, 2.05) is 20.8 Å². The highest BCUT2D eigenvalue weighted by Crippen LogP contribution is 2.30. The van der Waals surface area contributed by atoms with Crippen LogP contribution in [0.2, 0.25) is 0 Å². The van der Waals surface area contributed by atoms with Crippen LogP contribution in [0.4, 0.5) is 0 Å². The zero-order valence-electron chi connectivity index (χ0n) is 9.07. The van der Waals surface area contributed by atoms with Crippen LogP contribution >= 0.6 is 0 Å². The predicted octanol–water partition coefficient (Wildman–Crippen LogP) is 0.841. The van der Waals surface area contributed by atoms with Crippen LogP contribution < -0.4 is 0 Å². The molecule has 0 saturated carbocycles. The largest absolute Gasteiger partial charge is 0.273 e. The van der Waals surface area contributed by atoms with Gasteiger partial charge in [0.25, 0.3) is 0 Å². The molecular weight excluding hydrogens is 202 g/mol. The zero-order chi connectivity index (χ0) is 11.1. The molecule has 1 heterocycles. The SMILES string of the molecule is CN1C(=O)C(CC(C)(C)C)CS1(=O)=O. The molecule has 0 aromatic rings. The minimum atomic E-state index is -3.31. The summed E-state index contributed by atoms with van der Waals surface area (Å²) in [5, 5.41) is 0. The highest BCUT2D eigenvalue weighted by Gasteiger charge is 2.42. The van der Waals surface area contributed by atoms with Crippen molar-refractivity contribution in [3.8, 4) is 0 Å². The predicted molar refractivity (Wildman–Crippen MR) is 54.1 cm³/mol. The molecule has 0 aromatic carbocycles. The maximum absolute atomic E-state index is 11.5. The fourth-order valence-corrected chi connectivity index (χ4v) is 3.13. The van der Waals surface area contributed by atoms with Crippen LogP contribution in [0.25, 0.3) is 0 Å². The number of carbonyl (C=O) groups excluding carboxylic acids is 1. The van der Waals surface area contributed by atoms with E-state index in [-0.39, 0.29) is 23.0 Å². The average molecular weight is 219 g/mol. The molecule has 0 spiro atoms. The molecule has 1 saturated heterocycles. The quantitative estimate of drug-likeness (QED) is 0.656. The lowest BCUT2D eigenvalue weighted by Gasteiger charge is -2.20. The molecule has 1 aliphatic heterocycles. The smallest absolute Gasteiger partial charge is 0.239 e. The summed E-state index contributed by atoms with van der Waals surface area (Å²) >= 11 is 0. The van der Waals surface area contributed by atoms with E-state index in [9.17, 15) is 13.2 Å². The van der Waals surface area contributed by atoms with Crippen molar-refractivity contribution < 1.29 is 13.2 Å². The summed E-state index contributed by atoms with van der Waals surface area (Å²) in [6.07, 6.45) is 0.620. The lowest BCUT2D eigenvalue weighted by molar-refractivity contribution is -0.128. The Kier molecular flexibility index (Phi) is 2.65. The lowest BCUT2D eigenvalue weighted by atomic mass is 9.85. The van der Waals surface area contributed by atoms with Crippen molar-refractivity contribution in [3.63, 3.8) is 0 Å². The van der Waals surface area contributed by atoms with E-state index in [4.69, 9.17) is 0 Å². The third-order valence-electron chi connectivity index (χ3n) is 2.35. The third-order valence-corrected chi connectivity index (χ3v) is 4.19. The van der Waals surface area contributed by atoms with Crippen LogP contribution in [0.3, 0.4) is 0 Å². The van der Waals surface area contributed by atoms with Crippen molar-refractivity contribution in [2.45, 2.75) is 27.2 Å². The van der Waals surface area contributed by atoms with Crippen LogP contribution in [0.15, 0.2) is 0 Å². The standard InChI is InChI=1S/C9H17NO3S/c1-9(2,3)5-7-6-14(12,13)10(4)8(7)11/h7H,5-6H2,1-4H3. The van der Waals surface area contributed by atoms with Crippen molar-refractivity contribution in [1.82, 2.24) is 4.31 Å². The Morgan fingerprint density at radius 3 is 2.21 bits per heavy atom. The van der Waals surface area contributed by atoms with Crippen LogP contribution in [0.1, 0.15) is 27.2 Å². The number of rotatable bonds is 1. The highest BCUT2D eigenvalue weighted by molar-refractivity contribution is 7.90. The lowest BCUT2D eigenvalue weighted by Crippen LogP contribution is -2.27. The maximum atomic E-state index is 11.5. The van der Waals surface area contributed by atoms with Gasteiger partial charge in [0.2, 0.25) is 15.9 Å². The Morgan fingerprint density at radius 1 is 1.43 bits per heavy atom. The second-order valence-corrected chi connectivity index (χ2v) is 7.09. The van der Waals surface area contributed by atoms with Crippen molar-refractivity contribution >= 4 is 15.9 Å². The van der Waals surface area contributed by atoms with Gasteiger partial charge in [0, 0.05) is 7.05 Å².